The summed E-state index contributed by atoms with van der Waals surface area (Å²) < 4.78 is 2.11. The van der Waals surface area contributed by atoms with Crippen LogP contribution in [0.1, 0.15) is 57.6 Å². The predicted molar refractivity (Wildman–Crippen MR) is 70.9 cm³/mol. The number of hydrogen-bond donors (Lipinski definition) is 1. The summed E-state index contributed by atoms with van der Waals surface area (Å²) in [5.74, 6) is 1.38. The van der Waals surface area contributed by atoms with Crippen molar-refractivity contribution < 1.29 is 0 Å². The van der Waals surface area contributed by atoms with Gasteiger partial charge in [0.15, 0.2) is 0 Å². The molecule has 1 aromatic heterocycles. The van der Waals surface area contributed by atoms with Crippen LogP contribution in [0.25, 0.3) is 0 Å². The normalized spacial score (nSPS) is 29.5. The van der Waals surface area contributed by atoms with Crippen molar-refractivity contribution in [2.24, 2.45) is 11.7 Å². The number of aryl methyl sites for hydroxylation is 1. The lowest BCUT2D eigenvalue weighted by Gasteiger charge is -2.34. The molecule has 1 aromatic rings. The van der Waals surface area contributed by atoms with E-state index < -0.39 is 0 Å². The summed E-state index contributed by atoms with van der Waals surface area (Å²) in [7, 11) is 0. The minimum atomic E-state index is 0.324. The first-order valence-corrected chi connectivity index (χ1v) is 7.03. The van der Waals surface area contributed by atoms with Crippen molar-refractivity contribution in [2.45, 2.75) is 64.5 Å². The van der Waals surface area contributed by atoms with Crippen molar-refractivity contribution in [1.82, 2.24) is 9.78 Å². The van der Waals surface area contributed by atoms with Gasteiger partial charge in [0.05, 0.1) is 0 Å². The van der Waals surface area contributed by atoms with Gasteiger partial charge in [0.1, 0.15) is 0 Å². The van der Waals surface area contributed by atoms with E-state index in [1.165, 1.54) is 37.8 Å². The van der Waals surface area contributed by atoms with Crippen LogP contribution in [-0.2, 0) is 6.54 Å². The van der Waals surface area contributed by atoms with E-state index in [4.69, 9.17) is 5.73 Å². The zero-order chi connectivity index (χ0) is 12.3. The van der Waals surface area contributed by atoms with Crippen LogP contribution in [-0.4, -0.2) is 15.8 Å². The van der Waals surface area contributed by atoms with E-state index in [9.17, 15) is 0 Å². The average Bonchev–Trinajstić information content (AvgIpc) is 2.80. The highest BCUT2D eigenvalue weighted by molar-refractivity contribution is 5.12. The fourth-order valence-electron chi connectivity index (χ4n) is 3.21. The third-order valence-electron chi connectivity index (χ3n) is 4.14. The Bertz CT molecular complexity index is 345. The monoisotopic (exact) mass is 235 g/mol. The molecular weight excluding hydrogens is 210 g/mol. The lowest BCUT2D eigenvalue weighted by atomic mass is 9.75. The Morgan fingerprint density at radius 3 is 2.94 bits per heavy atom. The van der Waals surface area contributed by atoms with Crippen molar-refractivity contribution in [3.63, 3.8) is 0 Å². The van der Waals surface area contributed by atoms with E-state index in [-0.39, 0.29) is 0 Å². The largest absolute Gasteiger partial charge is 0.327 e. The Hall–Kier alpha value is -0.830. The summed E-state index contributed by atoms with van der Waals surface area (Å²) in [5.41, 5.74) is 7.66. The van der Waals surface area contributed by atoms with Crippen LogP contribution in [0.5, 0.6) is 0 Å². The molecule has 1 aliphatic rings. The summed E-state index contributed by atoms with van der Waals surface area (Å²) >= 11 is 0. The molecule has 0 spiro atoms. The molecule has 0 radical (unpaired) electrons. The van der Waals surface area contributed by atoms with Crippen LogP contribution in [0, 0.1) is 5.92 Å². The van der Waals surface area contributed by atoms with Gasteiger partial charge in [0, 0.05) is 30.4 Å². The van der Waals surface area contributed by atoms with Crippen molar-refractivity contribution in [2.75, 3.05) is 0 Å². The lowest BCUT2D eigenvalue weighted by molar-refractivity contribution is 0.266. The molecule has 1 aliphatic carbocycles. The molecule has 0 bridgehead atoms. The maximum Gasteiger partial charge on any atom is 0.0492 e. The molecule has 3 nitrogen and oxygen atoms in total. The number of hydrogen-bond acceptors (Lipinski definition) is 2. The van der Waals surface area contributed by atoms with Crippen molar-refractivity contribution in [1.29, 1.82) is 0 Å². The van der Waals surface area contributed by atoms with Crippen LogP contribution in [0.4, 0.5) is 0 Å². The maximum atomic E-state index is 6.31. The molecule has 3 heteroatoms. The Kier molecular flexibility index (Phi) is 4.21. The standard InChI is InChI=1S/C14H25N3/c1-3-5-11-6-7-13(15)12(10-11)14-8-9-16-17(14)4-2/h8-9,11-13H,3-7,10,15H2,1-2H3. The quantitative estimate of drug-likeness (QED) is 0.872. The van der Waals surface area contributed by atoms with Gasteiger partial charge in [-0.25, -0.2) is 0 Å². The zero-order valence-corrected chi connectivity index (χ0v) is 11.1. The van der Waals surface area contributed by atoms with Crippen molar-refractivity contribution >= 4 is 0 Å². The molecule has 1 heterocycles. The second-order valence-corrected chi connectivity index (χ2v) is 5.31. The molecule has 2 rings (SSSR count). The van der Waals surface area contributed by atoms with Crippen LogP contribution in [0.15, 0.2) is 12.3 Å². The summed E-state index contributed by atoms with van der Waals surface area (Å²) in [5, 5.41) is 4.38. The second-order valence-electron chi connectivity index (χ2n) is 5.31. The van der Waals surface area contributed by atoms with Crippen LogP contribution >= 0.6 is 0 Å². The maximum absolute atomic E-state index is 6.31. The Morgan fingerprint density at radius 1 is 1.41 bits per heavy atom. The van der Waals surface area contributed by atoms with Crippen LogP contribution in [0.3, 0.4) is 0 Å². The Morgan fingerprint density at radius 2 is 2.24 bits per heavy atom. The zero-order valence-electron chi connectivity index (χ0n) is 11.1. The molecule has 2 N–H and O–H groups in total. The van der Waals surface area contributed by atoms with Gasteiger partial charge in [0.25, 0.3) is 0 Å². The van der Waals surface area contributed by atoms with E-state index in [0.717, 1.165) is 12.5 Å². The summed E-state index contributed by atoms with van der Waals surface area (Å²) in [6.45, 7) is 5.37. The minimum Gasteiger partial charge on any atom is -0.327 e. The number of nitrogens with two attached hydrogens (primary N) is 1. The molecule has 3 atom stereocenters. The third kappa shape index (κ3) is 2.71. The van der Waals surface area contributed by atoms with Crippen LogP contribution < -0.4 is 5.73 Å². The van der Waals surface area contributed by atoms with Crippen molar-refractivity contribution in [3.8, 4) is 0 Å². The number of rotatable bonds is 4. The van der Waals surface area contributed by atoms with Gasteiger partial charge in [-0.15, -0.1) is 0 Å². The average molecular weight is 235 g/mol. The molecule has 3 unspecified atom stereocenters. The van der Waals surface area contributed by atoms with Gasteiger partial charge in [-0.3, -0.25) is 4.68 Å². The van der Waals surface area contributed by atoms with E-state index in [1.54, 1.807) is 0 Å². The van der Waals surface area contributed by atoms with Gasteiger partial charge in [-0.2, -0.15) is 5.10 Å². The molecule has 1 saturated carbocycles. The Balaban J connectivity index is 2.12. The van der Waals surface area contributed by atoms with Gasteiger partial charge >= 0.3 is 0 Å². The highest BCUT2D eigenvalue weighted by Crippen LogP contribution is 2.37. The molecule has 0 saturated heterocycles. The van der Waals surface area contributed by atoms with Crippen molar-refractivity contribution in [3.05, 3.63) is 18.0 Å². The van der Waals surface area contributed by atoms with Gasteiger partial charge in [-0.1, -0.05) is 19.8 Å². The molecule has 0 aromatic carbocycles. The van der Waals surface area contributed by atoms with Crippen LogP contribution in [0.2, 0.25) is 0 Å². The first-order valence-electron chi connectivity index (χ1n) is 7.03. The minimum absolute atomic E-state index is 0.324. The van der Waals surface area contributed by atoms with E-state index in [2.05, 4.69) is 29.7 Å². The van der Waals surface area contributed by atoms with E-state index in [1.807, 2.05) is 6.20 Å². The second kappa shape index (κ2) is 5.67. The smallest absolute Gasteiger partial charge is 0.0492 e. The number of nitrogens with zero attached hydrogens (tertiary/aromatic N) is 2. The van der Waals surface area contributed by atoms with E-state index in [0.29, 0.717) is 12.0 Å². The third-order valence-corrected chi connectivity index (χ3v) is 4.14. The van der Waals surface area contributed by atoms with Gasteiger partial charge in [0.2, 0.25) is 0 Å². The fraction of sp³-hybridized carbons (Fsp3) is 0.786. The first kappa shape index (κ1) is 12.6. The fourth-order valence-corrected chi connectivity index (χ4v) is 3.21. The first-order chi connectivity index (χ1) is 8.26. The van der Waals surface area contributed by atoms with Gasteiger partial charge < -0.3 is 5.73 Å². The molecule has 1 fully saturated rings. The highest BCUT2D eigenvalue weighted by Gasteiger charge is 2.30. The highest BCUT2D eigenvalue weighted by atomic mass is 15.3. The molecule has 0 aliphatic heterocycles. The predicted octanol–water partition coefficient (Wildman–Crippen LogP) is 2.91. The summed E-state index contributed by atoms with van der Waals surface area (Å²) in [6.07, 6.45) is 8.29. The summed E-state index contributed by atoms with van der Waals surface area (Å²) in [4.78, 5) is 0. The lowest BCUT2D eigenvalue weighted by Crippen LogP contribution is -2.35. The summed E-state index contributed by atoms with van der Waals surface area (Å²) in [6, 6.07) is 2.48. The van der Waals surface area contributed by atoms with E-state index >= 15 is 0 Å². The molecule has 17 heavy (non-hydrogen) atoms. The Labute approximate surface area is 104 Å². The molecular formula is C14H25N3. The molecule has 0 amide bonds. The van der Waals surface area contributed by atoms with Gasteiger partial charge in [-0.05, 0) is 38.2 Å². The SMILES string of the molecule is CCCC1CCC(N)C(c2ccnn2CC)C1. The number of aromatic nitrogens is 2. The molecule has 96 valence electrons. The topological polar surface area (TPSA) is 43.8 Å².